The highest BCUT2D eigenvalue weighted by Gasteiger charge is 2.34. The number of ether oxygens (including phenoxy) is 1. The lowest BCUT2D eigenvalue weighted by Crippen LogP contribution is -2.54. The molecular weight excluding hydrogens is 412 g/mol. The summed E-state index contributed by atoms with van der Waals surface area (Å²) in [6.07, 6.45) is -4.42. The Bertz CT molecular complexity index is 907. The van der Waals surface area contributed by atoms with Gasteiger partial charge < -0.3 is 9.64 Å². The number of likely N-dealkylation sites (tertiary alicyclic amines) is 1. The van der Waals surface area contributed by atoms with Crippen LogP contribution in [0.1, 0.15) is 30.5 Å². The van der Waals surface area contributed by atoms with Crippen LogP contribution in [-0.4, -0.2) is 41.9 Å². The van der Waals surface area contributed by atoms with Gasteiger partial charge in [-0.15, -0.1) is 0 Å². The Balaban J connectivity index is 1.53. The molecule has 31 heavy (non-hydrogen) atoms. The highest BCUT2D eigenvalue weighted by molar-refractivity contribution is 5.80. The van der Waals surface area contributed by atoms with Crippen LogP contribution in [0.15, 0.2) is 42.5 Å². The van der Waals surface area contributed by atoms with Crippen LogP contribution >= 0.6 is 0 Å². The topological polar surface area (TPSA) is 32.8 Å². The number of nitrogens with zero attached hydrogens (tertiary/aromatic N) is 2. The lowest BCUT2D eigenvalue weighted by atomic mass is 9.97. The number of hydrogen-bond acceptors (Lipinski definition) is 3. The Morgan fingerprint density at radius 2 is 1.84 bits per heavy atom. The number of carbonyl (C=O) groups excluding carboxylic acids is 1. The number of carbonyl (C=O) groups is 1. The second kappa shape index (κ2) is 9.68. The number of halogens is 4. The first-order valence-corrected chi connectivity index (χ1v) is 10.3. The van der Waals surface area contributed by atoms with Crippen molar-refractivity contribution in [1.29, 1.82) is 0 Å². The van der Waals surface area contributed by atoms with Gasteiger partial charge in [0.2, 0.25) is 5.91 Å². The van der Waals surface area contributed by atoms with Gasteiger partial charge in [0, 0.05) is 44.4 Å². The van der Waals surface area contributed by atoms with Gasteiger partial charge in [-0.3, -0.25) is 9.69 Å². The fourth-order valence-electron chi connectivity index (χ4n) is 3.64. The maximum Gasteiger partial charge on any atom is 0.416 e. The number of amides is 1. The van der Waals surface area contributed by atoms with Crippen LogP contribution in [0.5, 0.6) is 5.75 Å². The van der Waals surface area contributed by atoms with Gasteiger partial charge in [0.05, 0.1) is 11.5 Å². The SMILES string of the molecule is CCN(CC)C(=O)C1CN(Cc2ccc(OCc3cccc(C(F)(F)F)c3)cc2F)C1. The molecule has 3 rings (SSSR count). The fraction of sp³-hybridized carbons (Fsp3) is 0.435. The Morgan fingerprint density at radius 3 is 2.45 bits per heavy atom. The first kappa shape index (κ1) is 23.1. The third-order valence-electron chi connectivity index (χ3n) is 5.46. The van der Waals surface area contributed by atoms with Crippen molar-refractivity contribution in [1.82, 2.24) is 9.80 Å². The van der Waals surface area contributed by atoms with E-state index in [0.717, 1.165) is 12.1 Å². The van der Waals surface area contributed by atoms with Crippen LogP contribution in [0.2, 0.25) is 0 Å². The van der Waals surface area contributed by atoms with Gasteiger partial charge in [0.25, 0.3) is 0 Å². The zero-order valence-corrected chi connectivity index (χ0v) is 17.6. The molecule has 0 spiro atoms. The highest BCUT2D eigenvalue weighted by Crippen LogP contribution is 2.30. The molecule has 0 radical (unpaired) electrons. The van der Waals surface area contributed by atoms with E-state index >= 15 is 0 Å². The third kappa shape index (κ3) is 5.76. The molecule has 0 bridgehead atoms. The molecular formula is C23H26F4N2O2. The summed E-state index contributed by atoms with van der Waals surface area (Å²) in [5, 5.41) is 0. The van der Waals surface area contributed by atoms with Crippen LogP contribution in [-0.2, 0) is 24.1 Å². The Labute approximate surface area is 179 Å². The van der Waals surface area contributed by atoms with Crippen molar-refractivity contribution in [3.8, 4) is 5.75 Å². The summed E-state index contributed by atoms with van der Waals surface area (Å²) in [4.78, 5) is 16.1. The molecule has 1 saturated heterocycles. The summed E-state index contributed by atoms with van der Waals surface area (Å²) in [5.41, 5.74) is 0.0893. The summed E-state index contributed by atoms with van der Waals surface area (Å²) >= 11 is 0. The summed E-state index contributed by atoms with van der Waals surface area (Å²) < 4.78 is 58.3. The number of hydrogen-bond donors (Lipinski definition) is 0. The molecule has 0 atom stereocenters. The molecule has 2 aromatic carbocycles. The maximum atomic E-state index is 14.5. The van der Waals surface area contributed by atoms with Gasteiger partial charge in [-0.1, -0.05) is 18.2 Å². The van der Waals surface area contributed by atoms with Crippen molar-refractivity contribution in [2.24, 2.45) is 5.92 Å². The van der Waals surface area contributed by atoms with Gasteiger partial charge in [-0.05, 0) is 37.6 Å². The van der Waals surface area contributed by atoms with Crippen molar-refractivity contribution < 1.29 is 27.1 Å². The molecule has 0 aliphatic carbocycles. The molecule has 1 fully saturated rings. The number of alkyl halides is 3. The smallest absolute Gasteiger partial charge is 0.416 e. The van der Waals surface area contributed by atoms with Crippen molar-refractivity contribution in [3.63, 3.8) is 0 Å². The van der Waals surface area contributed by atoms with E-state index in [1.807, 2.05) is 18.7 Å². The Morgan fingerprint density at radius 1 is 1.13 bits per heavy atom. The molecule has 1 aliphatic rings. The summed E-state index contributed by atoms with van der Waals surface area (Å²) in [5.74, 6) is -0.102. The zero-order chi connectivity index (χ0) is 22.6. The molecule has 4 nitrogen and oxygen atoms in total. The Kier molecular flexibility index (Phi) is 7.20. The minimum atomic E-state index is -4.42. The average Bonchev–Trinajstić information content (AvgIpc) is 2.70. The standard InChI is InChI=1S/C23H26F4N2O2/c1-3-29(4-2)22(30)18-13-28(14-18)12-17-8-9-20(11-21(17)24)31-15-16-6-5-7-19(10-16)23(25,26)27/h5-11,18H,3-4,12-15H2,1-2H3. The molecule has 0 saturated carbocycles. The van der Waals surface area contributed by atoms with E-state index in [2.05, 4.69) is 0 Å². The second-order valence-corrected chi connectivity index (χ2v) is 7.64. The maximum absolute atomic E-state index is 14.5. The molecule has 1 aliphatic heterocycles. The zero-order valence-electron chi connectivity index (χ0n) is 17.6. The minimum Gasteiger partial charge on any atom is -0.489 e. The van der Waals surface area contributed by atoms with E-state index in [1.54, 1.807) is 17.0 Å². The van der Waals surface area contributed by atoms with E-state index in [9.17, 15) is 22.4 Å². The summed E-state index contributed by atoms with van der Waals surface area (Å²) in [6.45, 7) is 6.76. The van der Waals surface area contributed by atoms with Crippen LogP contribution in [0.25, 0.3) is 0 Å². The predicted octanol–water partition coefficient (Wildman–Crippen LogP) is 4.72. The fourth-order valence-corrected chi connectivity index (χ4v) is 3.64. The van der Waals surface area contributed by atoms with E-state index in [0.29, 0.717) is 43.9 Å². The monoisotopic (exact) mass is 438 g/mol. The molecule has 0 aromatic heterocycles. The lowest BCUT2D eigenvalue weighted by Gasteiger charge is -2.40. The molecule has 0 unspecified atom stereocenters. The molecule has 1 heterocycles. The highest BCUT2D eigenvalue weighted by atomic mass is 19.4. The van der Waals surface area contributed by atoms with E-state index in [-0.39, 0.29) is 24.2 Å². The van der Waals surface area contributed by atoms with E-state index < -0.39 is 17.6 Å². The summed E-state index contributed by atoms with van der Waals surface area (Å²) in [6, 6.07) is 9.30. The van der Waals surface area contributed by atoms with E-state index in [4.69, 9.17) is 4.74 Å². The van der Waals surface area contributed by atoms with Crippen LogP contribution in [0.4, 0.5) is 17.6 Å². The summed E-state index contributed by atoms with van der Waals surface area (Å²) in [7, 11) is 0. The van der Waals surface area contributed by atoms with Crippen molar-refractivity contribution >= 4 is 5.91 Å². The normalized spacial score (nSPS) is 14.9. The van der Waals surface area contributed by atoms with Crippen LogP contribution < -0.4 is 4.74 Å². The number of rotatable bonds is 8. The second-order valence-electron chi connectivity index (χ2n) is 7.64. The predicted molar refractivity (Wildman–Crippen MR) is 109 cm³/mol. The lowest BCUT2D eigenvalue weighted by molar-refractivity contribution is -0.141. The quantitative estimate of drug-likeness (QED) is 0.559. The van der Waals surface area contributed by atoms with Crippen molar-refractivity contribution in [3.05, 3.63) is 65.0 Å². The number of benzene rings is 2. The molecule has 8 heteroatoms. The van der Waals surface area contributed by atoms with Crippen molar-refractivity contribution in [2.45, 2.75) is 33.2 Å². The van der Waals surface area contributed by atoms with Crippen LogP contribution in [0.3, 0.4) is 0 Å². The van der Waals surface area contributed by atoms with Gasteiger partial charge in [0.15, 0.2) is 0 Å². The first-order chi connectivity index (χ1) is 14.7. The molecule has 168 valence electrons. The van der Waals surface area contributed by atoms with Gasteiger partial charge in [0.1, 0.15) is 18.2 Å². The Hall–Kier alpha value is -2.61. The van der Waals surface area contributed by atoms with Gasteiger partial charge in [-0.2, -0.15) is 13.2 Å². The first-order valence-electron chi connectivity index (χ1n) is 10.3. The third-order valence-corrected chi connectivity index (χ3v) is 5.46. The largest absolute Gasteiger partial charge is 0.489 e. The van der Waals surface area contributed by atoms with E-state index in [1.165, 1.54) is 18.2 Å². The molecule has 2 aromatic rings. The van der Waals surface area contributed by atoms with Gasteiger partial charge in [-0.25, -0.2) is 4.39 Å². The van der Waals surface area contributed by atoms with Crippen molar-refractivity contribution in [2.75, 3.05) is 26.2 Å². The van der Waals surface area contributed by atoms with Gasteiger partial charge >= 0.3 is 6.18 Å². The molecule has 1 amide bonds. The molecule has 0 N–H and O–H groups in total. The minimum absolute atomic E-state index is 0.0435. The average molecular weight is 438 g/mol. The van der Waals surface area contributed by atoms with Crippen LogP contribution in [0, 0.1) is 11.7 Å².